The van der Waals surface area contributed by atoms with Crippen LogP contribution in [-0.2, 0) is 18.3 Å². The van der Waals surface area contributed by atoms with Crippen LogP contribution in [0.3, 0.4) is 0 Å². The Labute approximate surface area is 165 Å². The van der Waals surface area contributed by atoms with Gasteiger partial charge in [-0.3, -0.25) is 0 Å². The van der Waals surface area contributed by atoms with Gasteiger partial charge in [0.15, 0.2) is 0 Å². The van der Waals surface area contributed by atoms with Crippen LogP contribution in [0.2, 0.25) is 0 Å². The molecular formula is C19H18Br2NO2P. The largest absolute Gasteiger partial charge is 0.427 e. The van der Waals surface area contributed by atoms with Gasteiger partial charge < -0.3 is 9.05 Å². The highest BCUT2D eigenvalue weighted by molar-refractivity contribution is 9.10. The summed E-state index contributed by atoms with van der Waals surface area (Å²) in [6, 6.07) is 8.46. The highest BCUT2D eigenvalue weighted by Gasteiger charge is 2.51. The van der Waals surface area contributed by atoms with Crippen LogP contribution in [-0.4, -0.2) is 18.8 Å². The smallest absolute Gasteiger partial charge is 0.384 e. The van der Waals surface area contributed by atoms with E-state index in [1.165, 1.54) is 31.2 Å². The molecule has 0 fully saturated rings. The number of hydrogen-bond donors (Lipinski definition) is 0. The predicted molar refractivity (Wildman–Crippen MR) is 108 cm³/mol. The van der Waals surface area contributed by atoms with Gasteiger partial charge in [-0.2, -0.15) is 0 Å². The molecule has 6 heteroatoms. The summed E-state index contributed by atoms with van der Waals surface area (Å²) in [5.41, 5.74) is 5.62. The molecule has 25 heavy (non-hydrogen) atoms. The Hall–Kier alpha value is -0.610. The number of hydrogen-bond acceptors (Lipinski definition) is 3. The Balaban J connectivity index is 1.85. The fourth-order valence-electron chi connectivity index (χ4n) is 4.67. The Kier molecular flexibility index (Phi) is 3.77. The van der Waals surface area contributed by atoms with Crippen molar-refractivity contribution >= 4 is 40.4 Å². The van der Waals surface area contributed by atoms with E-state index in [1.807, 2.05) is 18.8 Å². The van der Waals surface area contributed by atoms with Crippen molar-refractivity contribution in [3.63, 3.8) is 0 Å². The molecule has 0 unspecified atom stereocenters. The maximum Gasteiger partial charge on any atom is 0.384 e. The van der Waals surface area contributed by atoms with E-state index in [-0.39, 0.29) is 5.41 Å². The van der Waals surface area contributed by atoms with E-state index in [4.69, 9.17) is 9.05 Å². The molecule has 0 N–H and O–H groups in total. The van der Waals surface area contributed by atoms with E-state index in [2.05, 4.69) is 56.1 Å². The van der Waals surface area contributed by atoms with Crippen molar-refractivity contribution in [2.24, 2.45) is 0 Å². The average Bonchev–Trinajstić information content (AvgIpc) is 3.14. The molecule has 5 rings (SSSR count). The molecule has 2 aromatic rings. The lowest BCUT2D eigenvalue weighted by molar-refractivity contribution is 0.387. The van der Waals surface area contributed by atoms with Crippen molar-refractivity contribution in [1.29, 1.82) is 0 Å². The van der Waals surface area contributed by atoms with Crippen LogP contribution < -0.4 is 9.05 Å². The molecule has 3 nitrogen and oxygen atoms in total. The van der Waals surface area contributed by atoms with E-state index in [0.29, 0.717) is 0 Å². The molecule has 0 atom stereocenters. The molecule has 0 saturated carbocycles. The Morgan fingerprint density at radius 2 is 1.36 bits per heavy atom. The Morgan fingerprint density at radius 1 is 0.880 bits per heavy atom. The monoisotopic (exact) mass is 481 g/mol. The molecule has 0 saturated heterocycles. The summed E-state index contributed by atoms with van der Waals surface area (Å²) in [7, 11) is 2.85. The number of benzene rings is 2. The third kappa shape index (κ3) is 2.22. The zero-order chi connectivity index (χ0) is 17.3. The van der Waals surface area contributed by atoms with Gasteiger partial charge >= 0.3 is 8.53 Å². The topological polar surface area (TPSA) is 21.7 Å². The normalized spacial score (nSPS) is 19.7. The van der Waals surface area contributed by atoms with Crippen LogP contribution in [0.15, 0.2) is 33.2 Å². The zero-order valence-corrected chi connectivity index (χ0v) is 18.2. The zero-order valence-electron chi connectivity index (χ0n) is 14.1. The SMILES string of the molecule is CN(C)P1Oc2ccc(Br)c3c2C2(CC3)CCc3c(Br)ccc(c32)O1. The summed E-state index contributed by atoms with van der Waals surface area (Å²) in [5.74, 6) is 1.99. The second kappa shape index (κ2) is 5.69. The summed E-state index contributed by atoms with van der Waals surface area (Å²) in [6.45, 7) is 0. The number of nitrogens with zero attached hydrogens (tertiary/aromatic N) is 1. The lowest BCUT2D eigenvalue weighted by atomic mass is 9.76. The average molecular weight is 483 g/mol. The van der Waals surface area contributed by atoms with Crippen molar-refractivity contribution in [3.8, 4) is 11.5 Å². The quantitative estimate of drug-likeness (QED) is 0.469. The standard InChI is InChI=1S/C19H18Br2NO2P/c1-22(2)25-23-15-5-3-13(20)11-7-9-19(17(11)15)10-8-12-14(21)4-6-16(24-25)18(12)19/h3-6H,7-10H2,1-2H3. The van der Waals surface area contributed by atoms with Gasteiger partial charge in [0.2, 0.25) is 0 Å². The first-order valence-corrected chi connectivity index (χ1v) is 11.2. The molecule has 1 spiro atoms. The third-order valence-electron chi connectivity index (χ3n) is 5.68. The summed E-state index contributed by atoms with van der Waals surface area (Å²) in [4.78, 5) is 0. The maximum absolute atomic E-state index is 6.42. The lowest BCUT2D eigenvalue weighted by Gasteiger charge is -2.35. The van der Waals surface area contributed by atoms with Gasteiger partial charge in [0.1, 0.15) is 11.5 Å². The fraction of sp³-hybridized carbons (Fsp3) is 0.368. The lowest BCUT2D eigenvalue weighted by Crippen LogP contribution is -2.26. The molecular weight excluding hydrogens is 465 g/mol. The van der Waals surface area contributed by atoms with Gasteiger partial charge in [-0.15, -0.1) is 0 Å². The first-order chi connectivity index (χ1) is 12.0. The summed E-state index contributed by atoms with van der Waals surface area (Å²) < 4.78 is 17.3. The molecule has 2 aliphatic carbocycles. The predicted octanol–water partition coefficient (Wildman–Crippen LogP) is 5.95. The molecule has 1 heterocycles. The van der Waals surface area contributed by atoms with Gasteiger partial charge in [-0.25, -0.2) is 4.67 Å². The fourth-order valence-corrected chi connectivity index (χ4v) is 6.73. The highest BCUT2D eigenvalue weighted by atomic mass is 79.9. The molecule has 3 aliphatic rings. The van der Waals surface area contributed by atoms with E-state index in [9.17, 15) is 0 Å². The van der Waals surface area contributed by atoms with Gasteiger partial charge in [-0.1, -0.05) is 31.9 Å². The van der Waals surface area contributed by atoms with Gasteiger partial charge in [0, 0.05) is 25.5 Å². The van der Waals surface area contributed by atoms with E-state index in [1.54, 1.807) is 0 Å². The Morgan fingerprint density at radius 3 is 1.80 bits per heavy atom. The second-order valence-corrected chi connectivity index (χ2v) is 10.5. The van der Waals surface area contributed by atoms with Crippen LogP contribution in [0.5, 0.6) is 11.5 Å². The van der Waals surface area contributed by atoms with E-state index >= 15 is 0 Å². The molecule has 0 radical (unpaired) electrons. The van der Waals surface area contributed by atoms with Crippen molar-refractivity contribution < 1.29 is 9.05 Å². The van der Waals surface area contributed by atoms with E-state index < -0.39 is 8.53 Å². The summed E-state index contributed by atoms with van der Waals surface area (Å²) in [5, 5.41) is 0. The number of rotatable bonds is 1. The van der Waals surface area contributed by atoms with Crippen molar-refractivity contribution in [1.82, 2.24) is 4.67 Å². The highest BCUT2D eigenvalue weighted by Crippen LogP contribution is 2.63. The molecule has 0 bridgehead atoms. The molecule has 0 aromatic heterocycles. The van der Waals surface area contributed by atoms with Gasteiger partial charge in [0.05, 0.1) is 0 Å². The van der Waals surface area contributed by atoms with Crippen molar-refractivity contribution in [3.05, 3.63) is 55.5 Å². The molecule has 1 aliphatic heterocycles. The minimum atomic E-state index is -1.17. The number of halogens is 2. The summed E-state index contributed by atoms with van der Waals surface area (Å²) in [6.07, 6.45) is 4.42. The molecule has 130 valence electrons. The van der Waals surface area contributed by atoms with Crippen LogP contribution in [0.25, 0.3) is 0 Å². The van der Waals surface area contributed by atoms with Crippen LogP contribution in [0, 0.1) is 0 Å². The second-order valence-electron chi connectivity index (χ2n) is 7.15. The third-order valence-corrected chi connectivity index (χ3v) is 8.52. The van der Waals surface area contributed by atoms with Crippen molar-refractivity contribution in [2.75, 3.05) is 14.1 Å². The van der Waals surface area contributed by atoms with Gasteiger partial charge in [-0.05, 0) is 75.2 Å². The minimum absolute atomic E-state index is 0.0244. The minimum Gasteiger partial charge on any atom is -0.427 e. The Bertz CT molecular complexity index is 830. The van der Waals surface area contributed by atoms with Crippen LogP contribution in [0.4, 0.5) is 0 Å². The molecule has 0 amide bonds. The van der Waals surface area contributed by atoms with Crippen LogP contribution in [0.1, 0.15) is 35.1 Å². The summed E-state index contributed by atoms with van der Waals surface area (Å²) >= 11 is 7.55. The first-order valence-electron chi connectivity index (χ1n) is 8.48. The van der Waals surface area contributed by atoms with Crippen molar-refractivity contribution in [2.45, 2.75) is 31.1 Å². The van der Waals surface area contributed by atoms with Crippen LogP contribution >= 0.6 is 40.4 Å². The first kappa shape index (κ1) is 16.6. The molecule has 2 aromatic carbocycles. The maximum atomic E-state index is 6.42. The van der Waals surface area contributed by atoms with E-state index in [0.717, 1.165) is 37.2 Å². The van der Waals surface area contributed by atoms with Gasteiger partial charge in [0.25, 0.3) is 0 Å².